The van der Waals surface area contributed by atoms with Crippen molar-refractivity contribution in [1.82, 2.24) is 4.57 Å². The van der Waals surface area contributed by atoms with E-state index in [1.54, 1.807) is 0 Å². The smallest absolute Gasteiger partial charge is 0.296 e. The van der Waals surface area contributed by atoms with Gasteiger partial charge in [-0.15, -0.1) is 0 Å². The minimum atomic E-state index is -5.13. The number of benzene rings is 3. The van der Waals surface area contributed by atoms with Crippen molar-refractivity contribution >= 4 is 59.8 Å². The summed E-state index contributed by atoms with van der Waals surface area (Å²) in [7, 11) is -13.5. The summed E-state index contributed by atoms with van der Waals surface area (Å²) in [5, 5.41) is 2.41. The Balaban J connectivity index is 1.85. The number of fused-ring (bicyclic) bond motifs is 3. The molecule has 1 heterocycles. The molecule has 0 saturated carbocycles. The van der Waals surface area contributed by atoms with Crippen molar-refractivity contribution in [3.05, 3.63) is 117 Å². The number of nitrogens with one attached hydrogen (secondary N) is 1. The van der Waals surface area contributed by atoms with Crippen LogP contribution in [0.5, 0.6) is 0 Å². The van der Waals surface area contributed by atoms with Gasteiger partial charge in [0.15, 0.2) is 11.6 Å². The number of carbonyl (C=O) groups excluding carboxylic acids is 2. The topological polar surface area (TPSA) is 231 Å². The van der Waals surface area contributed by atoms with E-state index >= 15 is 0 Å². The summed E-state index contributed by atoms with van der Waals surface area (Å²) in [5.74, 6) is -1.67. The van der Waals surface area contributed by atoms with E-state index in [-0.39, 0.29) is 44.1 Å². The van der Waals surface area contributed by atoms with Crippen molar-refractivity contribution in [2.75, 3.05) is 5.32 Å². The summed E-state index contributed by atoms with van der Waals surface area (Å²) in [4.78, 5) is 39.3. The normalized spacial score (nSPS) is 13.1. The Morgan fingerprint density at radius 2 is 1.38 bits per heavy atom. The molecule has 1 aromatic heterocycles. The monoisotopic (exact) mass is 698 g/mol. The van der Waals surface area contributed by atoms with Crippen molar-refractivity contribution in [1.29, 1.82) is 0 Å². The van der Waals surface area contributed by atoms with E-state index < -0.39 is 73.4 Å². The van der Waals surface area contributed by atoms with Crippen molar-refractivity contribution in [2.45, 2.75) is 14.7 Å². The van der Waals surface area contributed by atoms with E-state index in [9.17, 15) is 53.3 Å². The fourth-order valence-electron chi connectivity index (χ4n) is 5.17. The lowest BCUT2D eigenvalue weighted by Crippen LogP contribution is -2.48. The molecule has 242 valence electrons. The standard InChI is InChI=1S/C30H22N2O12S3/c1-15(31-22-12-11-19(46(39,40)41)14-23(22)47(42,43)44)24-25-16(2)32(3)30(35)27(26(25)20-9-4-5-10-21(20)29(24)34)28(33)17-7-6-8-18(13-17)45(36,37)38/h4-14,31H,1-2H2,3H3,(H,36,37,38)(H,39,40,41)(H,42,43,44). The molecule has 0 saturated heterocycles. The highest BCUT2D eigenvalue weighted by molar-refractivity contribution is 7.86. The number of allylic oxidation sites excluding steroid dienone is 1. The molecule has 14 nitrogen and oxygen atoms in total. The van der Waals surface area contributed by atoms with Gasteiger partial charge < -0.3 is 9.88 Å². The highest BCUT2D eigenvalue weighted by Crippen LogP contribution is 2.34. The molecule has 0 aliphatic heterocycles. The second-order valence-electron chi connectivity index (χ2n) is 10.2. The number of hydrogen-bond donors (Lipinski definition) is 4. The molecule has 0 spiro atoms. The predicted octanol–water partition coefficient (Wildman–Crippen LogP) is 1.41. The summed E-state index contributed by atoms with van der Waals surface area (Å²) < 4.78 is 101. The van der Waals surface area contributed by atoms with Crippen LogP contribution in [0.2, 0.25) is 0 Å². The Kier molecular flexibility index (Phi) is 8.04. The lowest BCUT2D eigenvalue weighted by Gasteiger charge is -2.24. The number of ketones is 2. The lowest BCUT2D eigenvalue weighted by molar-refractivity contribution is 0.103. The van der Waals surface area contributed by atoms with Crippen molar-refractivity contribution in [3.63, 3.8) is 0 Å². The molecule has 47 heavy (non-hydrogen) atoms. The highest BCUT2D eigenvalue weighted by Gasteiger charge is 2.33. The van der Waals surface area contributed by atoms with E-state index in [0.717, 1.165) is 28.8 Å². The third kappa shape index (κ3) is 5.86. The number of hydrogen-bond acceptors (Lipinski definition) is 10. The molecule has 4 N–H and O–H groups in total. The molecule has 0 radical (unpaired) electrons. The van der Waals surface area contributed by atoms with Crippen LogP contribution in [0, 0.1) is 0 Å². The van der Waals surface area contributed by atoms with Gasteiger partial charge in [-0.3, -0.25) is 28.0 Å². The Hall–Kier alpha value is -5.04. The second-order valence-corrected chi connectivity index (χ2v) is 14.5. The number of pyridine rings is 1. The van der Waals surface area contributed by atoms with Gasteiger partial charge in [-0.2, -0.15) is 25.3 Å². The highest BCUT2D eigenvalue weighted by atomic mass is 32.2. The van der Waals surface area contributed by atoms with Gasteiger partial charge in [0.05, 0.1) is 26.6 Å². The van der Waals surface area contributed by atoms with Crippen LogP contribution in [-0.2, 0) is 37.4 Å². The summed E-state index contributed by atoms with van der Waals surface area (Å²) in [6, 6.07) is 12.4. The molecule has 17 heteroatoms. The number of anilines is 1. The van der Waals surface area contributed by atoms with Crippen molar-refractivity contribution < 1.29 is 48.5 Å². The molecule has 0 unspecified atom stereocenters. The zero-order valence-electron chi connectivity index (χ0n) is 24.0. The number of Topliss-reactive ketones (excluding diaryl/α,β-unsaturated/α-hetero) is 1. The minimum absolute atomic E-state index is 0.0111. The molecule has 0 fully saturated rings. The van der Waals surface area contributed by atoms with E-state index in [0.29, 0.717) is 6.07 Å². The lowest BCUT2D eigenvalue weighted by atomic mass is 9.81. The summed E-state index contributed by atoms with van der Waals surface area (Å²) in [6.07, 6.45) is 0. The van der Waals surface area contributed by atoms with Gasteiger partial charge in [0.25, 0.3) is 35.9 Å². The first-order valence-electron chi connectivity index (χ1n) is 13.0. The second kappa shape index (κ2) is 11.3. The number of carbonyl (C=O) groups is 2. The first-order valence-corrected chi connectivity index (χ1v) is 17.3. The minimum Gasteiger partial charge on any atom is -0.354 e. The largest absolute Gasteiger partial charge is 0.354 e. The molecule has 0 amide bonds. The zero-order chi connectivity index (χ0) is 34.8. The maximum absolute atomic E-state index is 14.0. The van der Waals surface area contributed by atoms with Crippen molar-refractivity contribution in [2.24, 2.45) is 7.05 Å². The molecule has 0 bridgehead atoms. The van der Waals surface area contributed by atoms with Crippen LogP contribution in [0.4, 0.5) is 5.69 Å². The van der Waals surface area contributed by atoms with Gasteiger partial charge in [0, 0.05) is 40.0 Å². The Morgan fingerprint density at radius 3 is 1.98 bits per heavy atom. The van der Waals surface area contributed by atoms with E-state index in [4.69, 9.17) is 0 Å². The van der Waals surface area contributed by atoms with Crippen molar-refractivity contribution in [3.8, 4) is 11.1 Å². The fraction of sp³-hybridized carbons (Fsp3) is 0.0333. The van der Waals surface area contributed by atoms with Crippen LogP contribution in [0.3, 0.4) is 0 Å². The summed E-state index contributed by atoms with van der Waals surface area (Å²) in [5.41, 5.74) is -2.69. The van der Waals surface area contributed by atoms with Crippen LogP contribution in [-0.4, -0.2) is 55.0 Å². The molecule has 5 rings (SSSR count). The molecular weight excluding hydrogens is 677 g/mol. The molecule has 4 aromatic rings. The van der Waals surface area contributed by atoms with Crippen LogP contribution >= 0.6 is 0 Å². The summed E-state index contributed by atoms with van der Waals surface area (Å²) in [6.45, 7) is 7.77. The Morgan fingerprint density at radius 1 is 0.787 bits per heavy atom. The molecule has 1 aliphatic rings. The quantitative estimate of drug-likeness (QED) is 0.151. The van der Waals surface area contributed by atoms with E-state index in [1.807, 2.05) is 0 Å². The third-order valence-corrected chi connectivity index (χ3v) is 9.96. The SMILES string of the molecule is C=C(Nc1ccc(S(=O)(=O)O)cc1S(=O)(=O)O)C1=c2c(c(C(=O)c3cccc(S(=O)(=O)O)c3)c(=O)n(C)c2=C)-c2ccccc2C1=O. The molecule has 1 aliphatic carbocycles. The summed E-state index contributed by atoms with van der Waals surface area (Å²) >= 11 is 0. The number of aromatic nitrogens is 1. The van der Waals surface area contributed by atoms with Gasteiger partial charge in [-0.25, -0.2) is 0 Å². The van der Waals surface area contributed by atoms with Gasteiger partial charge in [0.1, 0.15) is 4.90 Å². The first kappa shape index (κ1) is 33.3. The third-order valence-electron chi connectivity index (χ3n) is 7.37. The Bertz CT molecular complexity index is 2620. The molecule has 0 atom stereocenters. The average molecular weight is 699 g/mol. The maximum atomic E-state index is 14.0. The zero-order valence-corrected chi connectivity index (χ0v) is 26.4. The van der Waals surface area contributed by atoms with Crippen LogP contribution in [0.25, 0.3) is 23.3 Å². The number of rotatable bonds is 8. The number of nitrogens with zero attached hydrogens (tertiary/aromatic N) is 1. The van der Waals surface area contributed by atoms with Gasteiger partial charge in [-0.1, -0.05) is 49.6 Å². The van der Waals surface area contributed by atoms with Gasteiger partial charge in [-0.05, 0) is 35.9 Å². The molecular formula is C30H22N2O12S3. The maximum Gasteiger partial charge on any atom is 0.296 e. The van der Waals surface area contributed by atoms with Crippen LogP contribution in [0.15, 0.2) is 98.5 Å². The average Bonchev–Trinajstić information content (AvgIpc) is 2.99. The van der Waals surface area contributed by atoms with E-state index in [1.165, 1.54) is 43.4 Å². The van der Waals surface area contributed by atoms with Gasteiger partial charge in [0.2, 0.25) is 0 Å². The van der Waals surface area contributed by atoms with Gasteiger partial charge >= 0.3 is 0 Å². The predicted molar refractivity (Wildman–Crippen MR) is 168 cm³/mol. The van der Waals surface area contributed by atoms with E-state index in [2.05, 4.69) is 18.5 Å². The fourth-order valence-corrected chi connectivity index (χ4v) is 6.95. The first-order chi connectivity index (χ1) is 21.7. The Labute approximate surface area is 266 Å². The molecule has 3 aromatic carbocycles. The van der Waals surface area contributed by atoms with Crippen LogP contribution < -0.4 is 21.4 Å². The van der Waals surface area contributed by atoms with Crippen LogP contribution in [0.1, 0.15) is 26.3 Å².